The fourth-order valence-electron chi connectivity index (χ4n) is 1.76. The van der Waals surface area contributed by atoms with Gasteiger partial charge in [0.05, 0.1) is 13.1 Å². The standard InChI is InChI=1S/C10H17N3O2/c1-7-4-8(7)12-9(14)6-13-3-2-11-5-10(13)15/h7-8,11H,2-6H2,1H3,(H,12,14). The van der Waals surface area contributed by atoms with Crippen molar-refractivity contribution in [1.29, 1.82) is 0 Å². The van der Waals surface area contributed by atoms with Crippen LogP contribution >= 0.6 is 0 Å². The van der Waals surface area contributed by atoms with Crippen LogP contribution < -0.4 is 10.6 Å². The third-order valence-electron chi connectivity index (χ3n) is 2.98. The summed E-state index contributed by atoms with van der Waals surface area (Å²) in [6.07, 6.45) is 1.07. The monoisotopic (exact) mass is 211 g/mol. The number of nitrogens with one attached hydrogen (secondary N) is 2. The largest absolute Gasteiger partial charge is 0.352 e. The second kappa shape index (κ2) is 4.18. The van der Waals surface area contributed by atoms with Crippen molar-refractivity contribution in [2.24, 2.45) is 5.92 Å². The molecule has 0 radical (unpaired) electrons. The van der Waals surface area contributed by atoms with Crippen LogP contribution in [0.3, 0.4) is 0 Å². The number of amides is 2. The summed E-state index contributed by atoms with van der Waals surface area (Å²) >= 11 is 0. The smallest absolute Gasteiger partial charge is 0.239 e. The summed E-state index contributed by atoms with van der Waals surface area (Å²) in [7, 11) is 0. The molecule has 0 aromatic carbocycles. The number of hydrogen-bond acceptors (Lipinski definition) is 3. The summed E-state index contributed by atoms with van der Waals surface area (Å²) in [5.41, 5.74) is 0. The lowest BCUT2D eigenvalue weighted by atomic mass is 10.3. The Morgan fingerprint density at radius 2 is 2.40 bits per heavy atom. The molecule has 84 valence electrons. The van der Waals surface area contributed by atoms with Crippen LogP contribution in [0.25, 0.3) is 0 Å². The first kappa shape index (κ1) is 10.4. The fraction of sp³-hybridized carbons (Fsp3) is 0.800. The summed E-state index contributed by atoms with van der Waals surface area (Å²) < 4.78 is 0. The van der Waals surface area contributed by atoms with Crippen LogP contribution in [-0.2, 0) is 9.59 Å². The van der Waals surface area contributed by atoms with Gasteiger partial charge in [0.15, 0.2) is 0 Å². The minimum absolute atomic E-state index is 0.0141. The van der Waals surface area contributed by atoms with Gasteiger partial charge in [-0.3, -0.25) is 9.59 Å². The number of hydrogen-bond donors (Lipinski definition) is 2. The number of piperazine rings is 1. The molecule has 2 N–H and O–H groups in total. The molecule has 2 atom stereocenters. The van der Waals surface area contributed by atoms with Crippen molar-refractivity contribution >= 4 is 11.8 Å². The van der Waals surface area contributed by atoms with Crippen LogP contribution in [0, 0.1) is 5.92 Å². The van der Waals surface area contributed by atoms with Gasteiger partial charge in [-0.2, -0.15) is 0 Å². The summed E-state index contributed by atoms with van der Waals surface area (Å²) in [5, 5.41) is 5.89. The maximum atomic E-state index is 11.5. The normalized spacial score (nSPS) is 30.2. The summed E-state index contributed by atoms with van der Waals surface area (Å²) in [6.45, 7) is 4.09. The molecule has 2 amide bonds. The molecule has 2 rings (SSSR count). The lowest BCUT2D eigenvalue weighted by Crippen LogP contribution is -2.51. The predicted octanol–water partition coefficient (Wildman–Crippen LogP) is -1.06. The second-order valence-electron chi connectivity index (χ2n) is 4.38. The molecule has 0 bridgehead atoms. The van der Waals surface area contributed by atoms with E-state index < -0.39 is 0 Å². The summed E-state index contributed by atoms with van der Waals surface area (Å²) in [4.78, 5) is 24.5. The molecule has 0 spiro atoms. The highest BCUT2D eigenvalue weighted by atomic mass is 16.2. The Balaban J connectivity index is 1.75. The fourth-order valence-corrected chi connectivity index (χ4v) is 1.76. The van der Waals surface area contributed by atoms with Crippen LogP contribution in [0.15, 0.2) is 0 Å². The van der Waals surface area contributed by atoms with Gasteiger partial charge in [-0.25, -0.2) is 0 Å². The molecule has 2 unspecified atom stereocenters. The minimum Gasteiger partial charge on any atom is -0.352 e. The molecule has 1 aliphatic carbocycles. The Bertz CT molecular complexity index is 280. The number of rotatable bonds is 3. The van der Waals surface area contributed by atoms with Gasteiger partial charge in [0, 0.05) is 19.1 Å². The summed E-state index contributed by atoms with van der Waals surface area (Å²) in [6, 6.07) is 0.343. The van der Waals surface area contributed by atoms with Gasteiger partial charge in [0.1, 0.15) is 0 Å². The van der Waals surface area contributed by atoms with Gasteiger partial charge < -0.3 is 15.5 Å². The zero-order valence-corrected chi connectivity index (χ0v) is 8.95. The van der Waals surface area contributed by atoms with E-state index in [2.05, 4.69) is 17.6 Å². The highest BCUT2D eigenvalue weighted by Crippen LogP contribution is 2.28. The van der Waals surface area contributed by atoms with E-state index in [1.807, 2.05) is 0 Å². The lowest BCUT2D eigenvalue weighted by Gasteiger charge is -2.26. The van der Waals surface area contributed by atoms with Crippen LogP contribution in [0.4, 0.5) is 0 Å². The van der Waals surface area contributed by atoms with E-state index in [4.69, 9.17) is 0 Å². The molecule has 5 nitrogen and oxygen atoms in total. The molecule has 2 fully saturated rings. The first-order chi connectivity index (χ1) is 7.16. The number of nitrogens with zero attached hydrogens (tertiary/aromatic N) is 1. The zero-order chi connectivity index (χ0) is 10.8. The molecule has 1 heterocycles. The average Bonchev–Trinajstić information content (AvgIpc) is 2.86. The third-order valence-corrected chi connectivity index (χ3v) is 2.98. The zero-order valence-electron chi connectivity index (χ0n) is 8.95. The Labute approximate surface area is 89.2 Å². The Morgan fingerprint density at radius 1 is 1.67 bits per heavy atom. The summed E-state index contributed by atoms with van der Waals surface area (Å²) in [5.74, 6) is 0.590. The van der Waals surface area contributed by atoms with E-state index >= 15 is 0 Å². The van der Waals surface area contributed by atoms with E-state index in [0.29, 0.717) is 25.0 Å². The van der Waals surface area contributed by atoms with E-state index in [9.17, 15) is 9.59 Å². The van der Waals surface area contributed by atoms with Crippen LogP contribution in [0.1, 0.15) is 13.3 Å². The lowest BCUT2D eigenvalue weighted by molar-refractivity contribution is -0.136. The molecule has 1 saturated heterocycles. The van der Waals surface area contributed by atoms with Crippen LogP contribution in [0.2, 0.25) is 0 Å². The molecular formula is C10H17N3O2. The van der Waals surface area contributed by atoms with Gasteiger partial charge in [-0.1, -0.05) is 6.92 Å². The third kappa shape index (κ3) is 2.68. The quantitative estimate of drug-likeness (QED) is 0.626. The molecule has 1 saturated carbocycles. The molecule has 5 heteroatoms. The highest BCUT2D eigenvalue weighted by molar-refractivity contribution is 5.86. The molecule has 0 aromatic rings. The Morgan fingerprint density at radius 3 is 3.00 bits per heavy atom. The van der Waals surface area contributed by atoms with Gasteiger partial charge in [-0.05, 0) is 12.3 Å². The molecular weight excluding hydrogens is 194 g/mol. The van der Waals surface area contributed by atoms with Crippen LogP contribution in [-0.4, -0.2) is 48.9 Å². The number of carbonyl (C=O) groups is 2. The van der Waals surface area contributed by atoms with Crippen LogP contribution in [0.5, 0.6) is 0 Å². The van der Waals surface area contributed by atoms with Crippen molar-refractivity contribution in [1.82, 2.24) is 15.5 Å². The van der Waals surface area contributed by atoms with E-state index in [1.165, 1.54) is 0 Å². The van der Waals surface area contributed by atoms with Crippen molar-refractivity contribution in [3.05, 3.63) is 0 Å². The second-order valence-corrected chi connectivity index (χ2v) is 4.38. The maximum Gasteiger partial charge on any atom is 0.239 e. The molecule has 1 aliphatic heterocycles. The van der Waals surface area contributed by atoms with Crippen molar-refractivity contribution < 1.29 is 9.59 Å². The van der Waals surface area contributed by atoms with Gasteiger partial charge in [-0.15, -0.1) is 0 Å². The molecule has 15 heavy (non-hydrogen) atoms. The van der Waals surface area contributed by atoms with Gasteiger partial charge >= 0.3 is 0 Å². The Hall–Kier alpha value is -1.10. The van der Waals surface area contributed by atoms with E-state index in [0.717, 1.165) is 13.0 Å². The van der Waals surface area contributed by atoms with Crippen molar-refractivity contribution in [3.8, 4) is 0 Å². The maximum absolute atomic E-state index is 11.5. The molecule has 2 aliphatic rings. The topological polar surface area (TPSA) is 61.4 Å². The average molecular weight is 211 g/mol. The minimum atomic E-state index is -0.0281. The number of carbonyl (C=O) groups excluding carboxylic acids is 2. The van der Waals surface area contributed by atoms with Crippen molar-refractivity contribution in [2.45, 2.75) is 19.4 Å². The van der Waals surface area contributed by atoms with Gasteiger partial charge in [0.2, 0.25) is 11.8 Å². The van der Waals surface area contributed by atoms with Crippen molar-refractivity contribution in [3.63, 3.8) is 0 Å². The van der Waals surface area contributed by atoms with E-state index in [-0.39, 0.29) is 18.4 Å². The highest BCUT2D eigenvalue weighted by Gasteiger charge is 2.34. The Kier molecular flexibility index (Phi) is 2.90. The molecule has 0 aromatic heterocycles. The predicted molar refractivity (Wildman–Crippen MR) is 55.2 cm³/mol. The first-order valence-electron chi connectivity index (χ1n) is 5.44. The van der Waals surface area contributed by atoms with Gasteiger partial charge in [0.25, 0.3) is 0 Å². The van der Waals surface area contributed by atoms with Crippen molar-refractivity contribution in [2.75, 3.05) is 26.2 Å². The SMILES string of the molecule is CC1CC1NC(=O)CN1CCNCC1=O. The first-order valence-corrected chi connectivity index (χ1v) is 5.44. The van der Waals surface area contributed by atoms with E-state index in [1.54, 1.807) is 4.90 Å².